The number of benzene rings is 1. The van der Waals surface area contributed by atoms with E-state index in [1.807, 2.05) is 0 Å². The van der Waals surface area contributed by atoms with Crippen molar-refractivity contribution in [3.05, 3.63) is 29.3 Å². The number of rotatable bonds is 3. The second-order valence-corrected chi connectivity index (χ2v) is 5.57. The van der Waals surface area contributed by atoms with Crippen molar-refractivity contribution < 1.29 is 22.7 Å². The fourth-order valence-electron chi connectivity index (χ4n) is 2.71. The Kier molecular flexibility index (Phi) is 4.14. The highest BCUT2D eigenvalue weighted by Crippen LogP contribution is 2.38. The highest BCUT2D eigenvalue weighted by molar-refractivity contribution is 6.02. The summed E-state index contributed by atoms with van der Waals surface area (Å²) in [4.78, 5) is 15.0. The maximum Gasteiger partial charge on any atom is 0.419 e. The van der Waals surface area contributed by atoms with Gasteiger partial charge in [-0.25, -0.2) is 0 Å². The largest absolute Gasteiger partial charge is 0.490 e. The molecule has 2 aliphatic rings. The summed E-state index contributed by atoms with van der Waals surface area (Å²) in [5.41, 5.74) is 4.24. The molecule has 0 bridgehead atoms. The third-order valence-corrected chi connectivity index (χ3v) is 3.86. The molecule has 1 aromatic carbocycles. The molecular weight excluding hydrogens is 311 g/mol. The molecule has 1 amide bonds. The van der Waals surface area contributed by atoms with Gasteiger partial charge < -0.3 is 4.74 Å². The van der Waals surface area contributed by atoms with Crippen LogP contribution in [0.15, 0.2) is 23.2 Å². The molecule has 1 heterocycles. The van der Waals surface area contributed by atoms with Gasteiger partial charge in [-0.3, -0.25) is 20.6 Å². The Balaban J connectivity index is 1.90. The van der Waals surface area contributed by atoms with Gasteiger partial charge in [0.05, 0.1) is 11.7 Å². The van der Waals surface area contributed by atoms with E-state index in [-0.39, 0.29) is 35.7 Å². The summed E-state index contributed by atoms with van der Waals surface area (Å²) in [6.45, 7) is -0.121. The number of amidine groups is 1. The molecule has 3 rings (SSSR count). The van der Waals surface area contributed by atoms with E-state index in [4.69, 9.17) is 4.74 Å². The molecule has 23 heavy (non-hydrogen) atoms. The molecule has 5 nitrogen and oxygen atoms in total. The van der Waals surface area contributed by atoms with Crippen molar-refractivity contribution in [2.45, 2.75) is 38.0 Å². The number of hydrogen-bond acceptors (Lipinski definition) is 4. The van der Waals surface area contributed by atoms with Crippen molar-refractivity contribution in [1.29, 1.82) is 0 Å². The van der Waals surface area contributed by atoms with Gasteiger partial charge in [-0.2, -0.15) is 13.2 Å². The van der Waals surface area contributed by atoms with Gasteiger partial charge in [0, 0.05) is 5.56 Å². The summed E-state index contributed by atoms with van der Waals surface area (Å²) >= 11 is 0. The number of alkyl halides is 3. The SMILES string of the molecule is O=C1CN=C(c2ccc(OC3CCCC3)c(C(F)(F)F)c2)NN1. The number of nitrogens with zero attached hydrogens (tertiary/aromatic N) is 1. The van der Waals surface area contributed by atoms with E-state index >= 15 is 0 Å². The van der Waals surface area contributed by atoms with E-state index in [0.717, 1.165) is 31.7 Å². The van der Waals surface area contributed by atoms with Crippen LogP contribution in [-0.2, 0) is 11.0 Å². The Morgan fingerprint density at radius 2 is 1.91 bits per heavy atom. The summed E-state index contributed by atoms with van der Waals surface area (Å²) in [6, 6.07) is 3.81. The number of nitrogens with one attached hydrogen (secondary N) is 2. The molecule has 0 saturated heterocycles. The van der Waals surface area contributed by atoms with Crippen molar-refractivity contribution in [1.82, 2.24) is 10.9 Å². The molecule has 8 heteroatoms. The minimum Gasteiger partial charge on any atom is -0.490 e. The number of carbonyl (C=O) groups is 1. The molecule has 1 aliphatic carbocycles. The number of carbonyl (C=O) groups excluding carboxylic acids is 1. The lowest BCUT2D eigenvalue weighted by Crippen LogP contribution is -2.47. The molecule has 0 radical (unpaired) electrons. The lowest BCUT2D eigenvalue weighted by Gasteiger charge is -2.20. The molecule has 0 spiro atoms. The van der Waals surface area contributed by atoms with Gasteiger partial charge >= 0.3 is 6.18 Å². The third-order valence-electron chi connectivity index (χ3n) is 3.86. The molecule has 124 valence electrons. The Labute approximate surface area is 130 Å². The maximum atomic E-state index is 13.3. The zero-order valence-corrected chi connectivity index (χ0v) is 12.2. The van der Waals surface area contributed by atoms with Crippen molar-refractivity contribution in [2.75, 3.05) is 6.54 Å². The topological polar surface area (TPSA) is 62.7 Å². The van der Waals surface area contributed by atoms with Crippen LogP contribution in [0.25, 0.3) is 0 Å². The second kappa shape index (κ2) is 6.10. The molecule has 0 aromatic heterocycles. The molecule has 1 fully saturated rings. The average molecular weight is 327 g/mol. The van der Waals surface area contributed by atoms with Crippen LogP contribution in [0.1, 0.15) is 36.8 Å². The van der Waals surface area contributed by atoms with Gasteiger partial charge in [0.1, 0.15) is 18.1 Å². The molecule has 0 unspecified atom stereocenters. The van der Waals surface area contributed by atoms with Crippen LogP contribution in [0.3, 0.4) is 0 Å². The smallest absolute Gasteiger partial charge is 0.419 e. The fourth-order valence-corrected chi connectivity index (χ4v) is 2.71. The Morgan fingerprint density at radius 1 is 1.17 bits per heavy atom. The monoisotopic (exact) mass is 327 g/mol. The van der Waals surface area contributed by atoms with Crippen molar-refractivity contribution in [3.8, 4) is 5.75 Å². The minimum atomic E-state index is -4.53. The van der Waals surface area contributed by atoms with Crippen molar-refractivity contribution in [3.63, 3.8) is 0 Å². The highest BCUT2D eigenvalue weighted by atomic mass is 19.4. The molecular formula is C15H16F3N3O2. The fraction of sp³-hybridized carbons (Fsp3) is 0.467. The van der Waals surface area contributed by atoms with E-state index in [2.05, 4.69) is 15.8 Å². The lowest BCUT2D eigenvalue weighted by atomic mass is 10.1. The van der Waals surface area contributed by atoms with Gasteiger partial charge in [-0.05, 0) is 43.9 Å². The first-order chi connectivity index (χ1) is 10.9. The normalized spacial score (nSPS) is 19.1. The van der Waals surface area contributed by atoms with E-state index in [9.17, 15) is 18.0 Å². The number of amides is 1. The quantitative estimate of drug-likeness (QED) is 0.896. The van der Waals surface area contributed by atoms with Crippen LogP contribution in [0, 0.1) is 0 Å². The van der Waals surface area contributed by atoms with Crippen LogP contribution < -0.4 is 15.6 Å². The van der Waals surface area contributed by atoms with E-state index in [1.165, 1.54) is 12.1 Å². The van der Waals surface area contributed by atoms with Gasteiger partial charge in [0.15, 0.2) is 0 Å². The number of hydrazine groups is 1. The van der Waals surface area contributed by atoms with E-state index < -0.39 is 11.7 Å². The van der Waals surface area contributed by atoms with Crippen molar-refractivity contribution >= 4 is 11.7 Å². The lowest BCUT2D eigenvalue weighted by molar-refractivity contribution is -0.139. The Hall–Kier alpha value is -2.25. The zero-order valence-electron chi connectivity index (χ0n) is 12.2. The molecule has 0 atom stereocenters. The summed E-state index contributed by atoms with van der Waals surface area (Å²) in [5.74, 6) is -0.304. The van der Waals surface area contributed by atoms with Gasteiger partial charge in [-0.15, -0.1) is 0 Å². The van der Waals surface area contributed by atoms with Gasteiger partial charge in [0.2, 0.25) is 0 Å². The minimum absolute atomic E-state index is 0.121. The predicted molar refractivity (Wildman–Crippen MR) is 77.0 cm³/mol. The standard InChI is InChI=1S/C15H16F3N3O2/c16-15(17,18)11-7-9(14-19-8-13(22)20-21-14)5-6-12(11)23-10-3-1-2-4-10/h5-7,10H,1-4,8H2,(H,19,21)(H,20,22). The Bertz CT molecular complexity index is 637. The Morgan fingerprint density at radius 3 is 2.52 bits per heavy atom. The van der Waals surface area contributed by atoms with E-state index in [0.29, 0.717) is 0 Å². The third kappa shape index (κ3) is 3.57. The summed E-state index contributed by atoms with van der Waals surface area (Å²) < 4.78 is 45.5. The summed E-state index contributed by atoms with van der Waals surface area (Å²) in [7, 11) is 0. The van der Waals surface area contributed by atoms with Crippen LogP contribution in [0.4, 0.5) is 13.2 Å². The number of aliphatic imine (C=N–C) groups is 1. The summed E-state index contributed by atoms with van der Waals surface area (Å²) in [6.07, 6.45) is -1.18. The molecule has 1 aromatic rings. The van der Waals surface area contributed by atoms with Gasteiger partial charge in [0.25, 0.3) is 5.91 Å². The number of halogens is 3. The molecule has 1 aliphatic heterocycles. The zero-order chi connectivity index (χ0) is 16.4. The van der Waals surface area contributed by atoms with Crippen LogP contribution in [0.2, 0.25) is 0 Å². The molecule has 1 saturated carbocycles. The first-order valence-electron chi connectivity index (χ1n) is 7.41. The van der Waals surface area contributed by atoms with Crippen LogP contribution in [-0.4, -0.2) is 24.4 Å². The predicted octanol–water partition coefficient (Wildman–Crippen LogP) is 2.41. The average Bonchev–Trinajstić information content (AvgIpc) is 3.00. The number of hydrogen-bond donors (Lipinski definition) is 2. The maximum absolute atomic E-state index is 13.3. The second-order valence-electron chi connectivity index (χ2n) is 5.57. The van der Waals surface area contributed by atoms with Crippen molar-refractivity contribution in [2.24, 2.45) is 4.99 Å². The first kappa shape index (κ1) is 15.6. The highest BCUT2D eigenvalue weighted by Gasteiger charge is 2.36. The van der Waals surface area contributed by atoms with Crippen LogP contribution >= 0.6 is 0 Å². The van der Waals surface area contributed by atoms with Gasteiger partial charge in [-0.1, -0.05) is 0 Å². The van der Waals surface area contributed by atoms with Crippen LogP contribution in [0.5, 0.6) is 5.75 Å². The summed E-state index contributed by atoms with van der Waals surface area (Å²) in [5, 5.41) is 0. The van der Waals surface area contributed by atoms with E-state index in [1.54, 1.807) is 0 Å². The molecule has 2 N–H and O–H groups in total. The first-order valence-corrected chi connectivity index (χ1v) is 7.41. The number of ether oxygens (including phenoxy) is 1.